The predicted octanol–water partition coefficient (Wildman–Crippen LogP) is 26.9. The van der Waals surface area contributed by atoms with E-state index in [1.165, 1.54) is 56.9 Å². The zero-order chi connectivity index (χ0) is 88.1. The molecule has 0 atom stereocenters. The predicted molar refractivity (Wildman–Crippen MR) is 522 cm³/mol. The van der Waals surface area contributed by atoms with E-state index in [1.54, 1.807) is 48.5 Å². The third-order valence-electron chi connectivity index (χ3n) is 24.3. The third-order valence-corrected chi connectivity index (χ3v) is 26.0. The van der Waals surface area contributed by atoms with Crippen LogP contribution in [0.1, 0.15) is 0 Å². The Bertz CT molecular complexity index is 8320. The first-order valence-corrected chi connectivity index (χ1v) is 45.3. The Morgan fingerprint density at radius 1 is 0.185 bits per heavy atom. The van der Waals surface area contributed by atoms with Crippen LogP contribution in [0.4, 0.5) is 0 Å². The lowest BCUT2D eigenvalue weighted by molar-refractivity contribution is -0.268. The van der Waals surface area contributed by atoms with E-state index in [-0.39, 0.29) is 21.3 Å². The minimum atomic E-state index is -4.54. The van der Waals surface area contributed by atoms with Crippen molar-refractivity contribution in [2.45, 2.75) is 9.79 Å². The third kappa shape index (κ3) is 15.6. The normalized spacial score (nSPS) is 11.6. The van der Waals surface area contributed by atoms with Crippen LogP contribution in [0.5, 0.6) is 11.5 Å². The molecule has 0 aliphatic heterocycles. The van der Waals surface area contributed by atoms with Crippen molar-refractivity contribution >= 4 is 107 Å². The Hall–Kier alpha value is -16.5. The number of nitrogens with zero attached hydrogens (tertiary/aromatic N) is 4. The molecule has 0 aliphatic rings. The van der Waals surface area contributed by atoms with Crippen molar-refractivity contribution < 1.29 is 36.2 Å². The molecule has 130 heavy (non-hydrogen) atoms. The highest BCUT2D eigenvalue weighted by atomic mass is 32.2. The van der Waals surface area contributed by atoms with Crippen LogP contribution in [0.15, 0.2) is 447 Å². The number of rotatable bonds is 14. The first-order chi connectivity index (χ1) is 63.5. The first kappa shape index (κ1) is 80.6. The number of aromatic nitrogens is 4. The van der Waals surface area contributed by atoms with Crippen LogP contribution < -0.4 is 20.2 Å². The summed E-state index contributed by atoms with van der Waals surface area (Å²) in [5.74, 6) is 1.49. The molecule has 2 aromatic heterocycles. The highest BCUT2D eigenvalue weighted by molar-refractivity contribution is 7.86. The molecule has 622 valence electrons. The summed E-state index contributed by atoms with van der Waals surface area (Å²) in [6, 6.07) is 143. The Labute approximate surface area is 749 Å². The van der Waals surface area contributed by atoms with Gasteiger partial charge in [0.2, 0.25) is 0 Å². The lowest BCUT2D eigenvalue weighted by Gasteiger charge is -2.18. The number of hydrogen-bond donors (Lipinski definition) is 0. The fourth-order valence-corrected chi connectivity index (χ4v) is 19.2. The zero-order valence-electron chi connectivity index (χ0n) is 69.4. The largest absolute Gasteiger partial charge is 0.872 e. The molecule has 0 bridgehead atoms. The summed E-state index contributed by atoms with van der Waals surface area (Å²) in [5.41, 5.74) is 26.4. The molecule has 0 aliphatic carbocycles. The van der Waals surface area contributed by atoms with Crippen LogP contribution in [-0.2, 0) is 20.2 Å². The Balaban J connectivity index is 0.000000118. The molecular formula is C116H72N4O8S2-6. The van der Waals surface area contributed by atoms with E-state index in [4.69, 9.17) is 19.9 Å². The highest BCUT2D eigenvalue weighted by Crippen LogP contribution is 2.49. The molecule has 2 heterocycles. The molecule has 14 heteroatoms. The summed E-state index contributed by atoms with van der Waals surface area (Å²) >= 11 is 0. The fourth-order valence-electron chi connectivity index (χ4n) is 18.2. The van der Waals surface area contributed by atoms with E-state index >= 15 is 0 Å². The number of fused-ring (bicyclic) bond motifs is 8. The van der Waals surface area contributed by atoms with Crippen molar-refractivity contribution in [1.82, 2.24) is 19.9 Å². The van der Waals surface area contributed by atoms with Gasteiger partial charge < -0.3 is 39.3 Å². The molecule has 12 nitrogen and oxygen atoms in total. The summed E-state index contributed by atoms with van der Waals surface area (Å²) in [6.45, 7) is 0. The van der Waals surface area contributed by atoms with Gasteiger partial charge in [0.25, 0.3) is 0 Å². The SMILES string of the molecule is O=S(=O)([O-])c1cccc(-c2ccc(-c3c4ccccc4c(-c4ccc(-c5ccc([O-])cc5)cc4)c4ccccc34)cc2)c1.O=S(=O)([O-])c1cccc(-c2ccc(-c3c4ccccc4c(-c4ccc(-c5nc6ccccc6[n-]5)cc4)c4ccccc34)cc2)c1.[O-]c1ccc(-c2ccc(-c3c4ccccc4c(-c4ccc(-c5nc6ccccc6[n-]5)cc4)c4ccccc34)cc2)cc1. The summed E-state index contributed by atoms with van der Waals surface area (Å²) in [5, 5.41) is 37.1. The van der Waals surface area contributed by atoms with Gasteiger partial charge in [-0.15, -0.1) is 11.5 Å². The molecule has 0 saturated heterocycles. The van der Waals surface area contributed by atoms with Gasteiger partial charge in [-0.25, -0.2) is 16.8 Å². The van der Waals surface area contributed by atoms with Gasteiger partial charge >= 0.3 is 0 Å². The van der Waals surface area contributed by atoms with Crippen LogP contribution in [0.25, 0.3) is 221 Å². The van der Waals surface area contributed by atoms with Crippen molar-refractivity contribution in [2.24, 2.45) is 0 Å². The lowest BCUT2D eigenvalue weighted by Crippen LogP contribution is -1.98. The molecular weight excluding hydrogens is 1640 g/mol. The number of benzene rings is 21. The van der Waals surface area contributed by atoms with Gasteiger partial charge in [0.15, 0.2) is 0 Å². The number of imidazole rings is 2. The molecule has 0 fully saturated rings. The highest BCUT2D eigenvalue weighted by Gasteiger charge is 2.22. The lowest BCUT2D eigenvalue weighted by atomic mass is 9.85. The van der Waals surface area contributed by atoms with E-state index in [0.717, 1.165) is 177 Å². The van der Waals surface area contributed by atoms with Crippen LogP contribution in [0.2, 0.25) is 0 Å². The summed E-state index contributed by atoms with van der Waals surface area (Å²) in [6.07, 6.45) is 0. The van der Waals surface area contributed by atoms with Crippen LogP contribution >= 0.6 is 0 Å². The van der Waals surface area contributed by atoms with Gasteiger partial charge in [0.05, 0.1) is 9.79 Å². The van der Waals surface area contributed by atoms with E-state index in [1.807, 2.05) is 109 Å². The van der Waals surface area contributed by atoms with E-state index in [9.17, 15) is 36.2 Å². The smallest absolute Gasteiger partial charge is 0.124 e. The number of para-hydroxylation sites is 4. The molecule has 0 radical (unpaired) electrons. The molecule has 0 unspecified atom stereocenters. The van der Waals surface area contributed by atoms with Crippen LogP contribution in [-0.4, -0.2) is 35.9 Å². The van der Waals surface area contributed by atoms with Crippen LogP contribution in [0, 0.1) is 0 Å². The second-order valence-corrected chi connectivity index (χ2v) is 34.8. The van der Waals surface area contributed by atoms with Crippen molar-refractivity contribution in [2.75, 3.05) is 0 Å². The van der Waals surface area contributed by atoms with Crippen molar-refractivity contribution in [3.8, 4) is 146 Å². The maximum absolute atomic E-state index is 11.6. The molecule has 0 N–H and O–H groups in total. The maximum atomic E-state index is 11.6. The molecule has 0 amide bonds. The van der Waals surface area contributed by atoms with E-state index in [2.05, 4.69) is 255 Å². The van der Waals surface area contributed by atoms with Crippen LogP contribution in [0.3, 0.4) is 0 Å². The molecule has 0 spiro atoms. The Kier molecular flexibility index (Phi) is 21.0. The van der Waals surface area contributed by atoms with Gasteiger partial charge in [-0.3, -0.25) is 0 Å². The summed E-state index contributed by atoms with van der Waals surface area (Å²) in [7, 11) is -9.08. The van der Waals surface area contributed by atoms with Crippen molar-refractivity contribution in [1.29, 1.82) is 0 Å². The number of hydrogen-bond acceptors (Lipinski definition) is 10. The second-order valence-electron chi connectivity index (χ2n) is 32.1. The molecule has 0 saturated carbocycles. The molecule has 21 aromatic carbocycles. The minimum Gasteiger partial charge on any atom is -0.872 e. The van der Waals surface area contributed by atoms with Gasteiger partial charge in [-0.05, 0) is 233 Å². The van der Waals surface area contributed by atoms with Gasteiger partial charge in [-0.2, -0.15) is 0 Å². The first-order valence-electron chi connectivity index (χ1n) is 42.4. The topological polar surface area (TPSA) is 215 Å². The molecule has 23 aromatic rings. The molecule has 23 rings (SSSR count). The second kappa shape index (κ2) is 33.8. The minimum absolute atomic E-state index is 0.00283. The monoisotopic (exact) mass is 1710 g/mol. The maximum Gasteiger partial charge on any atom is 0.124 e. The van der Waals surface area contributed by atoms with Crippen molar-refractivity contribution in [3.05, 3.63) is 437 Å². The zero-order valence-corrected chi connectivity index (χ0v) is 71.1. The summed E-state index contributed by atoms with van der Waals surface area (Å²) in [4.78, 5) is 18.4. The average Bonchev–Trinajstić information content (AvgIpc) is 0.823. The van der Waals surface area contributed by atoms with E-state index < -0.39 is 20.2 Å². The van der Waals surface area contributed by atoms with Crippen molar-refractivity contribution in [3.63, 3.8) is 0 Å². The Morgan fingerprint density at radius 3 is 0.585 bits per heavy atom. The van der Waals surface area contributed by atoms with Gasteiger partial charge in [-0.1, -0.05) is 424 Å². The van der Waals surface area contributed by atoms with Gasteiger partial charge in [0, 0.05) is 0 Å². The Morgan fingerprint density at radius 2 is 0.369 bits per heavy atom. The fraction of sp³-hybridized carbons (Fsp3) is 0. The summed E-state index contributed by atoms with van der Waals surface area (Å²) < 4.78 is 69.5. The van der Waals surface area contributed by atoms with Gasteiger partial charge in [0.1, 0.15) is 20.2 Å². The van der Waals surface area contributed by atoms with E-state index in [0.29, 0.717) is 11.1 Å². The standard InChI is InChI=1S/C39H25N2O3S.C39H25N2O.C38H26O4S/c42-45(43,44)30-9-7-8-29(24-30)25-16-18-26(19-17-25)37-31-10-1-3-12-33(31)38(34-13-4-2-11-32(34)37)27-20-22-28(23-21-27)39-40-35-14-5-6-15-36(35)41-39;42-30-23-21-26(22-24-30)25-13-15-27(16-14-25)37-31-7-1-3-9-33(31)38(34-10-4-2-8-32(34)37)28-17-19-29(20-18-28)39-40-35-11-5-6-12-36(35)41-39;39-31-22-20-26(21-23-31)25-12-16-28(17-13-25)37-33-8-1-3-10-35(33)38(36-11-4-2-9-34(36)37)29-18-14-27(15-19-29)30-6-5-7-32(24-30)43(40,41)42/h1-24H,(H-,40,41,42,43,44);1-24H,(H-,40,41,42);1-24,39H,(H,40,41,42)/q2*-1;/p-4. The quantitative estimate of drug-likeness (QED) is 0.0734. The average molecular weight is 1710 g/mol.